The van der Waals surface area contributed by atoms with E-state index in [2.05, 4.69) is 15.3 Å². The van der Waals surface area contributed by atoms with E-state index < -0.39 is 37.4 Å². The number of nitrogens with zero attached hydrogens (tertiary/aromatic N) is 3. The Labute approximate surface area is 193 Å². The normalized spacial score (nSPS) is 15.1. The van der Waals surface area contributed by atoms with Gasteiger partial charge in [-0.15, -0.1) is 0 Å². The fourth-order valence-corrected chi connectivity index (χ4v) is 3.58. The van der Waals surface area contributed by atoms with Crippen molar-refractivity contribution in [3.8, 4) is 5.88 Å². The number of aromatic nitrogens is 2. The van der Waals surface area contributed by atoms with Gasteiger partial charge in [-0.2, -0.15) is 13.2 Å². The van der Waals surface area contributed by atoms with Crippen LogP contribution in [0.5, 0.6) is 5.88 Å². The molecular formula is C22H25F3N4O5. The summed E-state index contributed by atoms with van der Waals surface area (Å²) >= 11 is 0. The first-order valence-electron chi connectivity index (χ1n) is 10.5. The molecule has 2 atom stereocenters. The SMILES string of the molecule is Cc1cc(C(C)N2Cc3c(ccnc3CC(=O)NC[C@H](O)CO)C2=O)cnc1OCC(F)(F)F. The first-order valence-corrected chi connectivity index (χ1v) is 10.5. The van der Waals surface area contributed by atoms with Gasteiger partial charge in [-0.1, -0.05) is 0 Å². The number of rotatable bonds is 9. The molecule has 2 aromatic rings. The monoisotopic (exact) mass is 482 g/mol. The number of fused-ring (bicyclic) bond motifs is 1. The smallest absolute Gasteiger partial charge is 0.422 e. The van der Waals surface area contributed by atoms with Crippen molar-refractivity contribution in [3.05, 3.63) is 52.5 Å². The topological polar surface area (TPSA) is 125 Å². The van der Waals surface area contributed by atoms with Crippen molar-refractivity contribution in [1.29, 1.82) is 0 Å². The van der Waals surface area contributed by atoms with E-state index in [4.69, 9.17) is 9.84 Å². The van der Waals surface area contributed by atoms with Gasteiger partial charge in [0.05, 0.1) is 30.9 Å². The number of carbonyl (C=O) groups is 2. The Hall–Kier alpha value is -3.25. The fourth-order valence-electron chi connectivity index (χ4n) is 3.58. The molecule has 0 aliphatic carbocycles. The molecule has 12 heteroatoms. The molecule has 34 heavy (non-hydrogen) atoms. The highest BCUT2D eigenvalue weighted by Gasteiger charge is 2.34. The van der Waals surface area contributed by atoms with Crippen LogP contribution < -0.4 is 10.1 Å². The molecule has 0 saturated carbocycles. The van der Waals surface area contributed by atoms with Gasteiger partial charge >= 0.3 is 6.18 Å². The van der Waals surface area contributed by atoms with Crippen molar-refractivity contribution in [2.24, 2.45) is 0 Å². The number of amides is 2. The number of nitrogens with one attached hydrogen (secondary N) is 1. The summed E-state index contributed by atoms with van der Waals surface area (Å²) in [6, 6.07) is 2.74. The van der Waals surface area contributed by atoms with Crippen molar-refractivity contribution in [3.63, 3.8) is 0 Å². The highest BCUT2D eigenvalue weighted by molar-refractivity contribution is 5.99. The predicted molar refractivity (Wildman–Crippen MR) is 113 cm³/mol. The molecule has 2 amide bonds. The van der Waals surface area contributed by atoms with Crippen LogP contribution in [-0.2, 0) is 17.8 Å². The van der Waals surface area contributed by atoms with Gasteiger partial charge in [-0.05, 0) is 31.5 Å². The van der Waals surface area contributed by atoms with E-state index in [-0.39, 0.29) is 31.3 Å². The maximum atomic E-state index is 13.0. The minimum absolute atomic E-state index is 0.108. The Morgan fingerprint density at radius 1 is 1.35 bits per heavy atom. The first-order chi connectivity index (χ1) is 16.0. The number of halogens is 3. The maximum absolute atomic E-state index is 13.0. The van der Waals surface area contributed by atoms with E-state index in [1.165, 1.54) is 12.4 Å². The number of aliphatic hydroxyl groups is 2. The van der Waals surface area contributed by atoms with E-state index in [1.54, 1.807) is 30.9 Å². The third kappa shape index (κ3) is 6.00. The summed E-state index contributed by atoms with van der Waals surface area (Å²) in [6.07, 6.45) is -2.84. The third-order valence-electron chi connectivity index (χ3n) is 5.41. The lowest BCUT2D eigenvalue weighted by Gasteiger charge is -2.25. The van der Waals surface area contributed by atoms with Crippen LogP contribution in [-0.4, -0.2) is 68.9 Å². The Morgan fingerprint density at radius 3 is 2.74 bits per heavy atom. The molecule has 0 radical (unpaired) electrons. The zero-order valence-corrected chi connectivity index (χ0v) is 18.6. The number of ether oxygens (including phenoxy) is 1. The average molecular weight is 482 g/mol. The summed E-state index contributed by atoms with van der Waals surface area (Å²) in [7, 11) is 0. The highest BCUT2D eigenvalue weighted by Crippen LogP contribution is 2.33. The molecule has 0 saturated heterocycles. The summed E-state index contributed by atoms with van der Waals surface area (Å²) in [6.45, 7) is 1.50. The molecule has 2 aromatic heterocycles. The van der Waals surface area contributed by atoms with E-state index in [0.29, 0.717) is 27.9 Å². The van der Waals surface area contributed by atoms with Crippen LogP contribution in [0.4, 0.5) is 13.2 Å². The second-order valence-corrected chi connectivity index (χ2v) is 8.00. The Kier molecular flexibility index (Phi) is 7.72. The van der Waals surface area contributed by atoms with Gasteiger partial charge in [-0.3, -0.25) is 14.6 Å². The number of hydrogen-bond donors (Lipinski definition) is 3. The number of pyridine rings is 2. The second kappa shape index (κ2) is 10.3. The van der Waals surface area contributed by atoms with E-state index >= 15 is 0 Å². The Balaban J connectivity index is 1.72. The van der Waals surface area contributed by atoms with Gasteiger partial charge in [0.1, 0.15) is 0 Å². The number of aryl methyl sites for hydroxylation is 1. The lowest BCUT2D eigenvalue weighted by Crippen LogP contribution is -2.35. The summed E-state index contributed by atoms with van der Waals surface area (Å²) in [5.41, 5.74) is 2.45. The standard InChI is InChI=1S/C22H25F3N4O5/c1-12-5-14(7-28-20(12)34-11-22(23,24)25)13(2)29-9-17-16(21(29)33)3-4-26-18(17)6-19(32)27-8-15(31)10-30/h3-5,7,13,15,30-31H,6,8-11H2,1-2H3,(H,27,32)/t13?,15-/m0/s1. The zero-order chi connectivity index (χ0) is 25.0. The van der Waals surface area contributed by atoms with E-state index in [1.807, 2.05) is 0 Å². The lowest BCUT2D eigenvalue weighted by molar-refractivity contribution is -0.154. The second-order valence-electron chi connectivity index (χ2n) is 8.00. The average Bonchev–Trinajstić information content (AvgIpc) is 3.13. The van der Waals surface area contributed by atoms with Gasteiger partial charge < -0.3 is 25.2 Å². The van der Waals surface area contributed by atoms with Crippen LogP contribution in [0.1, 0.15) is 45.7 Å². The van der Waals surface area contributed by atoms with Crippen LogP contribution in [0.25, 0.3) is 0 Å². The summed E-state index contributed by atoms with van der Waals surface area (Å²) in [5.74, 6) is -0.813. The highest BCUT2D eigenvalue weighted by atomic mass is 19.4. The van der Waals surface area contributed by atoms with Crippen LogP contribution in [0.15, 0.2) is 24.5 Å². The Bertz CT molecular complexity index is 1060. The molecule has 3 heterocycles. The van der Waals surface area contributed by atoms with Crippen LogP contribution in [0.3, 0.4) is 0 Å². The molecular weight excluding hydrogens is 457 g/mol. The van der Waals surface area contributed by atoms with Gasteiger partial charge in [0.25, 0.3) is 5.91 Å². The quantitative estimate of drug-likeness (QED) is 0.494. The summed E-state index contributed by atoms with van der Waals surface area (Å²) in [4.78, 5) is 35.0. The number of alkyl halides is 3. The predicted octanol–water partition coefficient (Wildman–Crippen LogP) is 1.46. The van der Waals surface area contributed by atoms with Gasteiger partial charge in [0.15, 0.2) is 6.61 Å². The first kappa shape index (κ1) is 25.4. The molecule has 0 aromatic carbocycles. The van der Waals surface area contributed by atoms with Crippen molar-refractivity contribution in [2.75, 3.05) is 19.8 Å². The Morgan fingerprint density at radius 2 is 2.09 bits per heavy atom. The van der Waals surface area contributed by atoms with Crippen LogP contribution in [0, 0.1) is 6.92 Å². The molecule has 1 aliphatic heterocycles. The number of aliphatic hydroxyl groups excluding tert-OH is 2. The maximum Gasteiger partial charge on any atom is 0.422 e. The fraction of sp³-hybridized carbons (Fsp3) is 0.455. The van der Waals surface area contributed by atoms with E-state index in [9.17, 15) is 27.9 Å². The van der Waals surface area contributed by atoms with Crippen molar-refractivity contribution >= 4 is 11.8 Å². The molecule has 0 bridgehead atoms. The minimum Gasteiger partial charge on any atom is -0.468 e. The van der Waals surface area contributed by atoms with Crippen molar-refractivity contribution < 1.29 is 37.7 Å². The minimum atomic E-state index is -4.48. The van der Waals surface area contributed by atoms with Crippen molar-refractivity contribution in [2.45, 2.75) is 45.1 Å². The largest absolute Gasteiger partial charge is 0.468 e. The number of carbonyl (C=O) groups excluding carboxylic acids is 2. The zero-order valence-electron chi connectivity index (χ0n) is 18.6. The molecule has 3 N–H and O–H groups in total. The molecule has 3 rings (SSSR count). The molecule has 0 fully saturated rings. The summed E-state index contributed by atoms with van der Waals surface area (Å²) < 4.78 is 42.0. The number of hydrogen-bond acceptors (Lipinski definition) is 7. The molecule has 0 spiro atoms. The molecule has 1 aliphatic rings. The third-order valence-corrected chi connectivity index (χ3v) is 5.41. The summed E-state index contributed by atoms with van der Waals surface area (Å²) in [5, 5.41) is 20.7. The van der Waals surface area contributed by atoms with Crippen LogP contribution >= 0.6 is 0 Å². The lowest BCUT2D eigenvalue weighted by atomic mass is 10.1. The van der Waals surface area contributed by atoms with Crippen molar-refractivity contribution in [1.82, 2.24) is 20.2 Å². The van der Waals surface area contributed by atoms with Gasteiger partial charge in [0, 0.05) is 42.2 Å². The van der Waals surface area contributed by atoms with Gasteiger partial charge in [-0.25, -0.2) is 4.98 Å². The molecule has 184 valence electrons. The van der Waals surface area contributed by atoms with Crippen LogP contribution in [0.2, 0.25) is 0 Å². The van der Waals surface area contributed by atoms with E-state index in [0.717, 1.165) is 0 Å². The van der Waals surface area contributed by atoms with Gasteiger partial charge in [0.2, 0.25) is 11.8 Å². The molecule has 1 unspecified atom stereocenters. The molecule has 9 nitrogen and oxygen atoms in total.